The number of hydrogen-bond acceptors (Lipinski definition) is 3. The van der Waals surface area contributed by atoms with Crippen molar-refractivity contribution in [2.75, 3.05) is 19.0 Å². The molecule has 0 bridgehead atoms. The molecular weight excluding hydrogens is 178 g/mol. The van der Waals surface area contributed by atoms with Crippen LogP contribution in [0.2, 0.25) is 0 Å². The van der Waals surface area contributed by atoms with Crippen molar-refractivity contribution >= 4 is 5.82 Å². The zero-order chi connectivity index (χ0) is 10.1. The van der Waals surface area contributed by atoms with E-state index in [0.29, 0.717) is 12.6 Å². The summed E-state index contributed by atoms with van der Waals surface area (Å²) in [5, 5.41) is 7.78. The first-order valence-electron chi connectivity index (χ1n) is 5.09. The van der Waals surface area contributed by atoms with Gasteiger partial charge in [0.1, 0.15) is 5.82 Å². The predicted octanol–water partition coefficient (Wildman–Crippen LogP) is 1.58. The Kier molecular flexibility index (Phi) is 2.46. The van der Waals surface area contributed by atoms with Crippen LogP contribution in [0.15, 0.2) is 0 Å². The molecule has 2 rings (SSSR count). The first-order chi connectivity index (χ1) is 6.74. The number of aromatic nitrogens is 2. The van der Waals surface area contributed by atoms with E-state index in [1.807, 2.05) is 11.7 Å². The van der Waals surface area contributed by atoms with Crippen molar-refractivity contribution in [3.8, 4) is 0 Å². The second-order valence-electron chi connectivity index (χ2n) is 3.86. The van der Waals surface area contributed by atoms with Crippen LogP contribution in [0.4, 0.5) is 5.82 Å². The molecular formula is C10H17N3O. The van der Waals surface area contributed by atoms with E-state index in [9.17, 15) is 0 Å². The minimum absolute atomic E-state index is 0.392. The van der Waals surface area contributed by atoms with Crippen LogP contribution in [-0.2, 0) is 17.8 Å². The predicted molar refractivity (Wildman–Crippen MR) is 55.5 cm³/mol. The van der Waals surface area contributed by atoms with E-state index in [0.717, 1.165) is 24.5 Å². The molecule has 1 aliphatic heterocycles. The van der Waals surface area contributed by atoms with Gasteiger partial charge in [-0.3, -0.25) is 0 Å². The lowest BCUT2D eigenvalue weighted by atomic mass is 10.1. The fourth-order valence-corrected chi connectivity index (χ4v) is 1.88. The van der Waals surface area contributed by atoms with Gasteiger partial charge in [0.15, 0.2) is 0 Å². The van der Waals surface area contributed by atoms with Crippen molar-refractivity contribution in [1.82, 2.24) is 9.78 Å². The van der Waals surface area contributed by atoms with E-state index < -0.39 is 0 Å². The van der Waals surface area contributed by atoms with Crippen molar-refractivity contribution in [2.24, 2.45) is 0 Å². The Hall–Kier alpha value is -1.03. The van der Waals surface area contributed by atoms with Crippen LogP contribution < -0.4 is 5.32 Å². The fourth-order valence-electron chi connectivity index (χ4n) is 1.88. The lowest BCUT2D eigenvalue weighted by Crippen LogP contribution is -2.09. The summed E-state index contributed by atoms with van der Waals surface area (Å²) in [6.07, 6.45) is 0.970. The number of fused-ring (bicyclic) bond motifs is 1. The summed E-state index contributed by atoms with van der Waals surface area (Å²) < 4.78 is 7.43. The van der Waals surface area contributed by atoms with Gasteiger partial charge in [0.2, 0.25) is 0 Å². The van der Waals surface area contributed by atoms with Gasteiger partial charge in [-0.15, -0.1) is 0 Å². The van der Waals surface area contributed by atoms with Crippen molar-refractivity contribution in [3.63, 3.8) is 0 Å². The van der Waals surface area contributed by atoms with Gasteiger partial charge in [0.05, 0.1) is 18.9 Å². The SMILES string of the molecule is CNc1c2c(nn1C(C)C)COCC2. The van der Waals surface area contributed by atoms with Crippen LogP contribution in [0, 0.1) is 0 Å². The summed E-state index contributed by atoms with van der Waals surface area (Å²) in [4.78, 5) is 0. The number of ether oxygens (including phenoxy) is 1. The van der Waals surface area contributed by atoms with Crippen LogP contribution in [0.5, 0.6) is 0 Å². The number of rotatable bonds is 2. The summed E-state index contributed by atoms with van der Waals surface area (Å²) in [6, 6.07) is 0.392. The molecule has 0 aliphatic carbocycles. The summed E-state index contributed by atoms with van der Waals surface area (Å²) in [7, 11) is 1.95. The van der Waals surface area contributed by atoms with Crippen molar-refractivity contribution < 1.29 is 4.74 Å². The zero-order valence-electron chi connectivity index (χ0n) is 9.00. The van der Waals surface area contributed by atoms with E-state index in [4.69, 9.17) is 4.74 Å². The fraction of sp³-hybridized carbons (Fsp3) is 0.700. The summed E-state index contributed by atoms with van der Waals surface area (Å²) in [5.41, 5.74) is 2.42. The van der Waals surface area contributed by atoms with Gasteiger partial charge in [0.25, 0.3) is 0 Å². The highest BCUT2D eigenvalue weighted by Gasteiger charge is 2.20. The van der Waals surface area contributed by atoms with Gasteiger partial charge in [-0.1, -0.05) is 0 Å². The van der Waals surface area contributed by atoms with E-state index >= 15 is 0 Å². The van der Waals surface area contributed by atoms with Crippen LogP contribution in [-0.4, -0.2) is 23.4 Å². The topological polar surface area (TPSA) is 39.1 Å². The molecule has 14 heavy (non-hydrogen) atoms. The molecule has 0 spiro atoms. The molecule has 0 atom stereocenters. The Bertz CT molecular complexity index is 330. The Morgan fingerprint density at radius 1 is 1.50 bits per heavy atom. The molecule has 2 heterocycles. The Morgan fingerprint density at radius 2 is 2.29 bits per heavy atom. The Balaban J connectivity index is 2.46. The maximum Gasteiger partial charge on any atom is 0.127 e. The molecule has 0 aromatic carbocycles. The smallest absolute Gasteiger partial charge is 0.127 e. The Labute approximate surface area is 84.3 Å². The monoisotopic (exact) mass is 195 g/mol. The molecule has 0 radical (unpaired) electrons. The lowest BCUT2D eigenvalue weighted by molar-refractivity contribution is 0.108. The van der Waals surface area contributed by atoms with Gasteiger partial charge in [-0.2, -0.15) is 5.10 Å². The third kappa shape index (κ3) is 1.39. The summed E-state index contributed by atoms with van der Waals surface area (Å²) in [5.74, 6) is 1.15. The van der Waals surface area contributed by atoms with Crippen LogP contribution in [0.1, 0.15) is 31.1 Å². The van der Waals surface area contributed by atoms with E-state index in [1.165, 1.54) is 5.56 Å². The molecule has 78 valence electrons. The van der Waals surface area contributed by atoms with Crippen molar-refractivity contribution in [3.05, 3.63) is 11.3 Å². The number of anilines is 1. The van der Waals surface area contributed by atoms with E-state index in [2.05, 4.69) is 24.3 Å². The molecule has 0 saturated carbocycles. The summed E-state index contributed by atoms with van der Waals surface area (Å²) >= 11 is 0. The normalized spacial score (nSPS) is 15.7. The molecule has 1 N–H and O–H groups in total. The van der Waals surface area contributed by atoms with Crippen LogP contribution in [0.25, 0.3) is 0 Å². The second kappa shape index (κ2) is 3.61. The third-order valence-corrected chi connectivity index (χ3v) is 2.55. The van der Waals surface area contributed by atoms with Gasteiger partial charge in [-0.05, 0) is 13.8 Å². The van der Waals surface area contributed by atoms with Crippen LogP contribution >= 0.6 is 0 Å². The molecule has 4 nitrogen and oxygen atoms in total. The molecule has 0 saturated heterocycles. The molecule has 1 aliphatic rings. The minimum atomic E-state index is 0.392. The minimum Gasteiger partial charge on any atom is -0.375 e. The first-order valence-corrected chi connectivity index (χ1v) is 5.09. The molecule has 0 amide bonds. The number of nitrogens with zero attached hydrogens (tertiary/aromatic N) is 2. The largest absolute Gasteiger partial charge is 0.375 e. The van der Waals surface area contributed by atoms with Crippen molar-refractivity contribution in [2.45, 2.75) is 32.9 Å². The zero-order valence-corrected chi connectivity index (χ0v) is 9.00. The second-order valence-corrected chi connectivity index (χ2v) is 3.86. The molecule has 0 fully saturated rings. The van der Waals surface area contributed by atoms with Crippen LogP contribution in [0.3, 0.4) is 0 Å². The Morgan fingerprint density at radius 3 is 2.93 bits per heavy atom. The quantitative estimate of drug-likeness (QED) is 0.778. The van der Waals surface area contributed by atoms with Gasteiger partial charge < -0.3 is 10.1 Å². The first kappa shape index (κ1) is 9.52. The van der Waals surface area contributed by atoms with Gasteiger partial charge in [0, 0.05) is 25.1 Å². The molecule has 1 aromatic rings. The maximum atomic E-state index is 5.38. The highest BCUT2D eigenvalue weighted by molar-refractivity contribution is 5.48. The number of hydrogen-bond donors (Lipinski definition) is 1. The van der Waals surface area contributed by atoms with Crippen molar-refractivity contribution in [1.29, 1.82) is 0 Å². The highest BCUT2D eigenvalue weighted by Crippen LogP contribution is 2.26. The molecule has 1 aromatic heterocycles. The van der Waals surface area contributed by atoms with E-state index in [1.54, 1.807) is 0 Å². The maximum absolute atomic E-state index is 5.38. The lowest BCUT2D eigenvalue weighted by Gasteiger charge is -2.13. The van der Waals surface area contributed by atoms with Gasteiger partial charge >= 0.3 is 0 Å². The summed E-state index contributed by atoms with van der Waals surface area (Å²) in [6.45, 7) is 5.75. The average Bonchev–Trinajstić information content (AvgIpc) is 2.56. The van der Waals surface area contributed by atoms with Gasteiger partial charge in [-0.25, -0.2) is 4.68 Å². The number of nitrogens with one attached hydrogen (secondary N) is 1. The van der Waals surface area contributed by atoms with E-state index in [-0.39, 0.29) is 0 Å². The molecule has 0 unspecified atom stereocenters. The standard InChI is InChI=1S/C10H17N3O/c1-7(2)13-10(11-3)8-4-5-14-6-9(8)12-13/h7,11H,4-6H2,1-3H3. The molecule has 4 heteroatoms. The average molecular weight is 195 g/mol. The third-order valence-electron chi connectivity index (χ3n) is 2.55. The highest BCUT2D eigenvalue weighted by atomic mass is 16.5.